The summed E-state index contributed by atoms with van der Waals surface area (Å²) in [4.78, 5) is 28.2. The molecule has 0 bridgehead atoms. The van der Waals surface area contributed by atoms with Crippen molar-refractivity contribution >= 4 is 11.8 Å². The van der Waals surface area contributed by atoms with Gasteiger partial charge in [-0.05, 0) is 25.5 Å². The molecule has 1 saturated heterocycles. The van der Waals surface area contributed by atoms with Crippen molar-refractivity contribution in [2.24, 2.45) is 5.73 Å². The molecule has 0 aromatic heterocycles. The molecular formula is C17H25N3O2. The SMILES string of the molecule is CCCC(N)C(=O)N1CCN(C(=O)c2ccc(C)cc2)CC1. The van der Waals surface area contributed by atoms with E-state index < -0.39 is 6.04 Å². The quantitative estimate of drug-likeness (QED) is 0.914. The first-order chi connectivity index (χ1) is 10.5. The molecule has 5 nitrogen and oxygen atoms in total. The minimum atomic E-state index is -0.413. The van der Waals surface area contributed by atoms with Gasteiger partial charge in [0, 0.05) is 31.7 Å². The molecule has 1 unspecified atom stereocenters. The summed E-state index contributed by atoms with van der Waals surface area (Å²) in [5, 5.41) is 0. The van der Waals surface area contributed by atoms with Gasteiger partial charge in [0.1, 0.15) is 0 Å². The maximum Gasteiger partial charge on any atom is 0.253 e. The molecule has 0 saturated carbocycles. The average molecular weight is 303 g/mol. The van der Waals surface area contributed by atoms with Crippen LogP contribution in [-0.2, 0) is 4.79 Å². The molecule has 2 N–H and O–H groups in total. The summed E-state index contributed by atoms with van der Waals surface area (Å²) >= 11 is 0. The zero-order valence-electron chi connectivity index (χ0n) is 13.4. The number of hydrogen-bond donors (Lipinski definition) is 1. The van der Waals surface area contributed by atoms with Crippen LogP contribution in [0.5, 0.6) is 0 Å². The molecule has 1 aromatic carbocycles. The zero-order valence-corrected chi connectivity index (χ0v) is 13.4. The van der Waals surface area contributed by atoms with Gasteiger partial charge in [-0.15, -0.1) is 0 Å². The molecule has 1 aliphatic rings. The van der Waals surface area contributed by atoms with Gasteiger partial charge in [-0.2, -0.15) is 0 Å². The van der Waals surface area contributed by atoms with Gasteiger partial charge < -0.3 is 15.5 Å². The Morgan fingerprint density at radius 2 is 1.64 bits per heavy atom. The Morgan fingerprint density at radius 3 is 2.18 bits per heavy atom. The molecule has 1 atom stereocenters. The Bertz CT molecular complexity index is 519. The second-order valence-electron chi connectivity index (χ2n) is 5.88. The fraction of sp³-hybridized carbons (Fsp3) is 0.529. The number of nitrogens with zero attached hydrogens (tertiary/aromatic N) is 2. The lowest BCUT2D eigenvalue weighted by Crippen LogP contribution is -2.54. The number of benzene rings is 1. The highest BCUT2D eigenvalue weighted by Crippen LogP contribution is 2.11. The topological polar surface area (TPSA) is 66.6 Å². The molecule has 0 aliphatic carbocycles. The van der Waals surface area contributed by atoms with Crippen LogP contribution in [-0.4, -0.2) is 53.8 Å². The lowest BCUT2D eigenvalue weighted by molar-refractivity contribution is -0.134. The van der Waals surface area contributed by atoms with Gasteiger partial charge in [-0.25, -0.2) is 0 Å². The van der Waals surface area contributed by atoms with Crippen LogP contribution in [0.15, 0.2) is 24.3 Å². The van der Waals surface area contributed by atoms with E-state index in [0.29, 0.717) is 38.2 Å². The maximum absolute atomic E-state index is 12.4. The van der Waals surface area contributed by atoms with Crippen molar-refractivity contribution in [3.63, 3.8) is 0 Å². The molecule has 5 heteroatoms. The van der Waals surface area contributed by atoms with Gasteiger partial charge in [0.25, 0.3) is 5.91 Å². The first-order valence-corrected chi connectivity index (χ1v) is 7.93. The number of hydrogen-bond acceptors (Lipinski definition) is 3. The van der Waals surface area contributed by atoms with Crippen LogP contribution in [0.25, 0.3) is 0 Å². The van der Waals surface area contributed by atoms with Crippen LogP contribution < -0.4 is 5.73 Å². The van der Waals surface area contributed by atoms with Gasteiger partial charge in [0.15, 0.2) is 0 Å². The summed E-state index contributed by atoms with van der Waals surface area (Å²) in [6.07, 6.45) is 1.61. The highest BCUT2D eigenvalue weighted by atomic mass is 16.2. The number of rotatable bonds is 4. The number of nitrogens with two attached hydrogens (primary N) is 1. The average Bonchev–Trinajstić information content (AvgIpc) is 2.54. The number of aryl methyl sites for hydroxylation is 1. The molecule has 2 amide bonds. The van der Waals surface area contributed by atoms with Gasteiger partial charge in [0.2, 0.25) is 5.91 Å². The van der Waals surface area contributed by atoms with Crippen molar-refractivity contribution in [2.75, 3.05) is 26.2 Å². The Morgan fingerprint density at radius 1 is 1.09 bits per heavy atom. The van der Waals surface area contributed by atoms with E-state index in [4.69, 9.17) is 5.73 Å². The Labute approximate surface area is 132 Å². The third-order valence-corrected chi connectivity index (χ3v) is 4.09. The third kappa shape index (κ3) is 3.85. The van der Waals surface area contributed by atoms with Crippen LogP contribution in [0.2, 0.25) is 0 Å². The van der Waals surface area contributed by atoms with Crippen molar-refractivity contribution < 1.29 is 9.59 Å². The highest BCUT2D eigenvalue weighted by molar-refractivity contribution is 5.94. The smallest absolute Gasteiger partial charge is 0.253 e. The maximum atomic E-state index is 12.4. The zero-order chi connectivity index (χ0) is 16.1. The van der Waals surface area contributed by atoms with E-state index in [2.05, 4.69) is 0 Å². The second kappa shape index (κ2) is 7.40. The molecule has 120 valence electrons. The predicted octanol–water partition coefficient (Wildman–Crippen LogP) is 1.41. The Hall–Kier alpha value is -1.88. The van der Waals surface area contributed by atoms with Crippen LogP contribution >= 0.6 is 0 Å². The molecule has 0 spiro atoms. The summed E-state index contributed by atoms with van der Waals surface area (Å²) in [5.74, 6) is 0.0363. The van der Waals surface area contributed by atoms with E-state index in [9.17, 15) is 9.59 Å². The molecule has 1 heterocycles. The fourth-order valence-electron chi connectivity index (χ4n) is 2.68. The monoisotopic (exact) mass is 303 g/mol. The van der Waals surface area contributed by atoms with Crippen molar-refractivity contribution in [1.29, 1.82) is 0 Å². The van der Waals surface area contributed by atoms with E-state index in [1.807, 2.05) is 38.1 Å². The normalized spacial score (nSPS) is 16.5. The van der Waals surface area contributed by atoms with Gasteiger partial charge in [-0.3, -0.25) is 9.59 Å². The van der Waals surface area contributed by atoms with Gasteiger partial charge in [0.05, 0.1) is 6.04 Å². The number of amides is 2. The highest BCUT2D eigenvalue weighted by Gasteiger charge is 2.27. The minimum Gasteiger partial charge on any atom is -0.338 e. The number of piperazine rings is 1. The first kappa shape index (κ1) is 16.5. The molecule has 22 heavy (non-hydrogen) atoms. The van der Waals surface area contributed by atoms with Crippen molar-refractivity contribution in [3.05, 3.63) is 35.4 Å². The van der Waals surface area contributed by atoms with E-state index in [1.165, 1.54) is 0 Å². The first-order valence-electron chi connectivity index (χ1n) is 7.93. The summed E-state index contributed by atoms with van der Waals surface area (Å²) in [6, 6.07) is 7.18. The molecule has 1 aromatic rings. The number of carbonyl (C=O) groups excluding carboxylic acids is 2. The third-order valence-electron chi connectivity index (χ3n) is 4.09. The van der Waals surface area contributed by atoms with Crippen LogP contribution in [0, 0.1) is 6.92 Å². The lowest BCUT2D eigenvalue weighted by Gasteiger charge is -2.36. The van der Waals surface area contributed by atoms with E-state index in [0.717, 1.165) is 12.0 Å². The molecule has 1 aliphatic heterocycles. The largest absolute Gasteiger partial charge is 0.338 e. The summed E-state index contributed by atoms with van der Waals surface area (Å²) in [7, 11) is 0. The fourth-order valence-corrected chi connectivity index (χ4v) is 2.68. The van der Waals surface area contributed by atoms with Crippen LogP contribution in [0.3, 0.4) is 0 Å². The minimum absolute atomic E-state index is 0.00397. The summed E-state index contributed by atoms with van der Waals surface area (Å²) in [6.45, 7) is 6.28. The molecular weight excluding hydrogens is 278 g/mol. The van der Waals surface area contributed by atoms with Crippen molar-refractivity contribution in [2.45, 2.75) is 32.7 Å². The Balaban J connectivity index is 1.90. The lowest BCUT2D eigenvalue weighted by atomic mass is 10.1. The van der Waals surface area contributed by atoms with Crippen LogP contribution in [0.1, 0.15) is 35.7 Å². The second-order valence-corrected chi connectivity index (χ2v) is 5.88. The molecule has 1 fully saturated rings. The Kier molecular flexibility index (Phi) is 5.55. The van der Waals surface area contributed by atoms with Crippen molar-refractivity contribution in [1.82, 2.24) is 9.80 Å². The van der Waals surface area contributed by atoms with E-state index in [-0.39, 0.29) is 11.8 Å². The summed E-state index contributed by atoms with van der Waals surface area (Å²) in [5.41, 5.74) is 7.72. The standard InChI is InChI=1S/C17H25N3O2/c1-3-4-15(18)17(22)20-11-9-19(10-12-20)16(21)14-7-5-13(2)6-8-14/h5-8,15H,3-4,9-12,18H2,1-2H3. The van der Waals surface area contributed by atoms with Crippen LogP contribution in [0.4, 0.5) is 0 Å². The van der Waals surface area contributed by atoms with E-state index in [1.54, 1.807) is 9.80 Å². The van der Waals surface area contributed by atoms with Crippen molar-refractivity contribution in [3.8, 4) is 0 Å². The summed E-state index contributed by atoms with van der Waals surface area (Å²) < 4.78 is 0. The van der Waals surface area contributed by atoms with Gasteiger partial charge in [-0.1, -0.05) is 31.0 Å². The molecule has 2 rings (SSSR count). The van der Waals surface area contributed by atoms with Gasteiger partial charge >= 0.3 is 0 Å². The molecule has 0 radical (unpaired) electrons. The van der Waals surface area contributed by atoms with E-state index >= 15 is 0 Å². The number of carbonyl (C=O) groups is 2. The predicted molar refractivity (Wildman–Crippen MR) is 86.5 cm³/mol.